The van der Waals surface area contributed by atoms with Crippen LogP contribution in [0.1, 0.15) is 25.3 Å². The molecule has 0 bridgehead atoms. The van der Waals surface area contributed by atoms with Crippen molar-refractivity contribution in [3.63, 3.8) is 0 Å². The van der Waals surface area contributed by atoms with E-state index in [0.717, 1.165) is 23.8 Å². The number of hydrogen-bond acceptors (Lipinski definition) is 4. The third kappa shape index (κ3) is 2.90. The molecule has 0 radical (unpaired) electrons. The van der Waals surface area contributed by atoms with Crippen molar-refractivity contribution in [2.75, 3.05) is 0 Å². The van der Waals surface area contributed by atoms with Gasteiger partial charge in [-0.1, -0.05) is 0 Å². The van der Waals surface area contributed by atoms with Gasteiger partial charge in [0.2, 0.25) is 0 Å². The van der Waals surface area contributed by atoms with Crippen molar-refractivity contribution in [2.24, 2.45) is 0 Å². The first-order valence-corrected chi connectivity index (χ1v) is 6.97. The number of hydrogen-bond donors (Lipinski definition) is 1. The lowest BCUT2D eigenvalue weighted by Gasteiger charge is -2.01. The van der Waals surface area contributed by atoms with Gasteiger partial charge in [-0.2, -0.15) is 0 Å². The molecule has 4 heteroatoms. The lowest BCUT2D eigenvalue weighted by Crippen LogP contribution is -2.11. The minimum Gasteiger partial charge on any atom is -0.307 e. The van der Waals surface area contributed by atoms with E-state index in [-0.39, 0.29) is 0 Å². The van der Waals surface area contributed by atoms with Gasteiger partial charge in [0.1, 0.15) is 0 Å². The summed E-state index contributed by atoms with van der Waals surface area (Å²) in [5.41, 5.74) is 1.16. The molecule has 2 aromatic heterocycles. The predicted molar refractivity (Wildman–Crippen MR) is 71.2 cm³/mol. The van der Waals surface area contributed by atoms with E-state index in [1.165, 1.54) is 14.6 Å². The normalized spacial score (nSPS) is 10.9. The minimum absolute atomic E-state index is 0.925. The quantitative estimate of drug-likeness (QED) is 0.902. The topological polar surface area (TPSA) is 24.9 Å². The first-order chi connectivity index (χ1) is 7.65. The number of thiazole rings is 1. The van der Waals surface area contributed by atoms with Crippen molar-refractivity contribution >= 4 is 22.7 Å². The number of nitrogens with one attached hydrogen (secondary N) is 1. The molecule has 0 saturated heterocycles. The molecule has 0 aromatic carbocycles. The summed E-state index contributed by atoms with van der Waals surface area (Å²) in [6.07, 6.45) is 0. The second-order valence-electron chi connectivity index (χ2n) is 3.86. The van der Waals surface area contributed by atoms with Gasteiger partial charge in [0.25, 0.3) is 0 Å². The van der Waals surface area contributed by atoms with Crippen molar-refractivity contribution in [2.45, 2.75) is 33.9 Å². The second-order valence-corrected chi connectivity index (χ2v) is 6.52. The van der Waals surface area contributed by atoms with Crippen LogP contribution in [0.15, 0.2) is 12.1 Å². The van der Waals surface area contributed by atoms with Crippen molar-refractivity contribution in [1.29, 1.82) is 0 Å². The van der Waals surface area contributed by atoms with E-state index in [4.69, 9.17) is 0 Å². The Morgan fingerprint density at radius 2 is 1.94 bits per heavy atom. The van der Waals surface area contributed by atoms with E-state index in [2.05, 4.69) is 43.2 Å². The smallest absolute Gasteiger partial charge is 0.0900 e. The molecular formula is C12H16N2S2. The van der Waals surface area contributed by atoms with Crippen LogP contribution in [0.5, 0.6) is 0 Å². The maximum atomic E-state index is 4.42. The highest BCUT2D eigenvalue weighted by molar-refractivity contribution is 7.12. The molecule has 0 fully saturated rings. The zero-order valence-corrected chi connectivity index (χ0v) is 11.5. The molecule has 0 amide bonds. The summed E-state index contributed by atoms with van der Waals surface area (Å²) in [6.45, 7) is 8.16. The fourth-order valence-electron chi connectivity index (χ4n) is 1.62. The molecular weight excluding hydrogens is 236 g/mol. The molecule has 2 rings (SSSR count). The van der Waals surface area contributed by atoms with Crippen LogP contribution in [0.2, 0.25) is 0 Å². The Balaban J connectivity index is 1.86. The molecule has 0 unspecified atom stereocenters. The molecule has 0 aliphatic rings. The number of nitrogens with zero attached hydrogens (tertiary/aromatic N) is 1. The molecule has 0 spiro atoms. The Labute approximate surface area is 104 Å². The molecule has 2 nitrogen and oxygen atoms in total. The van der Waals surface area contributed by atoms with Crippen molar-refractivity contribution in [3.8, 4) is 0 Å². The molecule has 2 heterocycles. The zero-order chi connectivity index (χ0) is 11.5. The number of aromatic nitrogens is 1. The Bertz CT molecular complexity index is 471. The van der Waals surface area contributed by atoms with Crippen molar-refractivity contribution < 1.29 is 0 Å². The van der Waals surface area contributed by atoms with Crippen LogP contribution in [0, 0.1) is 20.8 Å². The highest BCUT2D eigenvalue weighted by Gasteiger charge is 2.04. The van der Waals surface area contributed by atoms with Crippen LogP contribution < -0.4 is 5.32 Å². The van der Waals surface area contributed by atoms with E-state index >= 15 is 0 Å². The van der Waals surface area contributed by atoms with E-state index in [9.17, 15) is 0 Å². The lowest BCUT2D eigenvalue weighted by molar-refractivity contribution is 0.705. The largest absolute Gasteiger partial charge is 0.307 e. The van der Waals surface area contributed by atoms with Gasteiger partial charge in [-0.25, -0.2) is 4.98 Å². The fraction of sp³-hybridized carbons (Fsp3) is 0.417. The zero-order valence-electron chi connectivity index (χ0n) is 9.83. The first-order valence-electron chi connectivity index (χ1n) is 5.34. The van der Waals surface area contributed by atoms with Gasteiger partial charge in [-0.05, 0) is 32.9 Å². The van der Waals surface area contributed by atoms with Crippen molar-refractivity contribution in [1.82, 2.24) is 10.3 Å². The van der Waals surface area contributed by atoms with Crippen LogP contribution in [-0.4, -0.2) is 4.98 Å². The Morgan fingerprint density at radius 1 is 1.12 bits per heavy atom. The second kappa shape index (κ2) is 5.08. The van der Waals surface area contributed by atoms with Crippen LogP contribution >= 0.6 is 22.7 Å². The van der Waals surface area contributed by atoms with Gasteiger partial charge in [0.05, 0.1) is 10.7 Å². The van der Waals surface area contributed by atoms with Gasteiger partial charge in [0, 0.05) is 27.7 Å². The van der Waals surface area contributed by atoms with Gasteiger partial charge >= 0.3 is 0 Å². The van der Waals surface area contributed by atoms with E-state index < -0.39 is 0 Å². The van der Waals surface area contributed by atoms with Crippen LogP contribution in [-0.2, 0) is 13.1 Å². The highest BCUT2D eigenvalue weighted by atomic mass is 32.1. The average molecular weight is 252 g/mol. The predicted octanol–water partition coefficient (Wildman–Crippen LogP) is 3.42. The molecule has 0 atom stereocenters. The number of thiophene rings is 1. The fourth-order valence-corrected chi connectivity index (χ4v) is 3.38. The molecule has 0 saturated carbocycles. The number of aryl methyl sites for hydroxylation is 3. The summed E-state index contributed by atoms with van der Waals surface area (Å²) < 4.78 is 0. The van der Waals surface area contributed by atoms with Crippen LogP contribution in [0.25, 0.3) is 0 Å². The van der Waals surface area contributed by atoms with Crippen molar-refractivity contribution in [3.05, 3.63) is 37.5 Å². The van der Waals surface area contributed by atoms with Gasteiger partial charge in [0.15, 0.2) is 0 Å². The standard InChI is InChI=1S/C12H16N2S2/c1-8-4-5-11(15-8)6-13-7-12-9(2)14-10(3)16-12/h4-5,13H,6-7H2,1-3H3. The summed E-state index contributed by atoms with van der Waals surface area (Å²) in [4.78, 5) is 8.55. The summed E-state index contributed by atoms with van der Waals surface area (Å²) >= 11 is 3.64. The highest BCUT2D eigenvalue weighted by Crippen LogP contribution is 2.18. The summed E-state index contributed by atoms with van der Waals surface area (Å²) in [5.74, 6) is 0. The summed E-state index contributed by atoms with van der Waals surface area (Å²) in [7, 11) is 0. The Kier molecular flexibility index (Phi) is 3.74. The maximum Gasteiger partial charge on any atom is 0.0900 e. The molecule has 0 aliphatic heterocycles. The molecule has 2 aromatic rings. The summed E-state index contributed by atoms with van der Waals surface area (Å²) in [5, 5.41) is 4.62. The molecule has 1 N–H and O–H groups in total. The van der Waals surface area contributed by atoms with E-state index in [1.807, 2.05) is 11.3 Å². The van der Waals surface area contributed by atoms with Gasteiger partial charge in [-0.15, -0.1) is 22.7 Å². The summed E-state index contributed by atoms with van der Waals surface area (Å²) in [6, 6.07) is 4.36. The minimum atomic E-state index is 0.925. The molecule has 86 valence electrons. The first kappa shape index (κ1) is 11.8. The molecule has 0 aliphatic carbocycles. The Hall–Kier alpha value is -0.710. The monoisotopic (exact) mass is 252 g/mol. The third-order valence-corrected chi connectivity index (χ3v) is 4.45. The van der Waals surface area contributed by atoms with Crippen LogP contribution in [0.4, 0.5) is 0 Å². The SMILES string of the molecule is Cc1ccc(CNCc2sc(C)nc2C)s1. The van der Waals surface area contributed by atoms with Crippen LogP contribution in [0.3, 0.4) is 0 Å². The number of rotatable bonds is 4. The maximum absolute atomic E-state index is 4.42. The van der Waals surface area contributed by atoms with Gasteiger partial charge < -0.3 is 5.32 Å². The van der Waals surface area contributed by atoms with Gasteiger partial charge in [-0.3, -0.25) is 0 Å². The van der Waals surface area contributed by atoms with E-state index in [0.29, 0.717) is 0 Å². The third-order valence-electron chi connectivity index (χ3n) is 2.38. The lowest BCUT2D eigenvalue weighted by atomic mass is 10.4. The Morgan fingerprint density at radius 3 is 2.50 bits per heavy atom. The average Bonchev–Trinajstić information content (AvgIpc) is 2.74. The van der Waals surface area contributed by atoms with E-state index in [1.54, 1.807) is 11.3 Å². The molecule has 16 heavy (non-hydrogen) atoms.